The van der Waals surface area contributed by atoms with Gasteiger partial charge in [-0.05, 0) is 50.9 Å². The van der Waals surface area contributed by atoms with Gasteiger partial charge < -0.3 is 5.32 Å². The molecule has 1 N–H and O–H groups in total. The Morgan fingerprint density at radius 2 is 2.18 bits per heavy atom. The smallest absolute Gasteiger partial charge is 0.0683 e. The molecule has 1 aromatic carbocycles. The predicted molar refractivity (Wildman–Crippen MR) is 74.5 cm³/mol. The van der Waals surface area contributed by atoms with Crippen LogP contribution in [0.15, 0.2) is 28.7 Å². The third-order valence-electron chi connectivity index (χ3n) is 2.68. The van der Waals surface area contributed by atoms with Crippen LogP contribution in [0.5, 0.6) is 0 Å². The van der Waals surface area contributed by atoms with Gasteiger partial charge in [0, 0.05) is 11.0 Å². The van der Waals surface area contributed by atoms with E-state index >= 15 is 0 Å². The Kier molecular flexibility index (Phi) is 5.67. The Morgan fingerprint density at radius 1 is 1.41 bits per heavy atom. The van der Waals surface area contributed by atoms with Crippen molar-refractivity contribution in [2.75, 3.05) is 6.54 Å². The molecule has 0 heterocycles. The summed E-state index contributed by atoms with van der Waals surface area (Å²) in [6.45, 7) is 5.81. The molecule has 3 heteroatoms. The molecule has 0 fully saturated rings. The minimum Gasteiger partial charge on any atom is -0.313 e. The van der Waals surface area contributed by atoms with Crippen LogP contribution < -0.4 is 5.32 Å². The van der Waals surface area contributed by atoms with Crippen molar-refractivity contribution < 1.29 is 0 Å². The molecule has 0 radical (unpaired) electrons. The van der Waals surface area contributed by atoms with Crippen molar-refractivity contribution in [3.8, 4) is 6.07 Å². The van der Waals surface area contributed by atoms with Crippen LogP contribution in [0.3, 0.4) is 0 Å². The van der Waals surface area contributed by atoms with Crippen molar-refractivity contribution in [3.63, 3.8) is 0 Å². The van der Waals surface area contributed by atoms with Gasteiger partial charge in [0.25, 0.3) is 0 Å². The SMILES string of the molecule is CC(C)(C#N)CCCNCc1cccc(Br)c1. The average Bonchev–Trinajstić information content (AvgIpc) is 2.29. The monoisotopic (exact) mass is 294 g/mol. The first-order valence-corrected chi connectivity index (χ1v) is 6.69. The molecule has 0 aromatic heterocycles. The molecule has 0 bridgehead atoms. The lowest BCUT2D eigenvalue weighted by atomic mass is 9.90. The second-order valence-electron chi connectivity index (χ2n) is 4.91. The lowest BCUT2D eigenvalue weighted by Crippen LogP contribution is -2.17. The van der Waals surface area contributed by atoms with E-state index < -0.39 is 0 Å². The fourth-order valence-electron chi connectivity index (χ4n) is 1.59. The van der Waals surface area contributed by atoms with Gasteiger partial charge >= 0.3 is 0 Å². The van der Waals surface area contributed by atoms with E-state index in [4.69, 9.17) is 5.26 Å². The third-order valence-corrected chi connectivity index (χ3v) is 3.17. The number of hydrogen-bond donors (Lipinski definition) is 1. The van der Waals surface area contributed by atoms with E-state index in [1.165, 1.54) is 5.56 Å². The summed E-state index contributed by atoms with van der Waals surface area (Å²) in [4.78, 5) is 0. The second kappa shape index (κ2) is 6.78. The van der Waals surface area contributed by atoms with Crippen LogP contribution in [0.2, 0.25) is 0 Å². The molecule has 0 unspecified atom stereocenters. The molecular weight excluding hydrogens is 276 g/mol. The fourth-order valence-corrected chi connectivity index (χ4v) is 2.04. The Bertz CT molecular complexity index is 393. The van der Waals surface area contributed by atoms with Gasteiger partial charge in [-0.25, -0.2) is 0 Å². The molecule has 0 aliphatic carbocycles. The molecule has 0 saturated carbocycles. The number of nitrogens with zero attached hydrogens (tertiary/aromatic N) is 1. The maximum Gasteiger partial charge on any atom is 0.0683 e. The standard InChI is InChI=1S/C14H19BrN2/c1-14(2,11-16)7-4-8-17-10-12-5-3-6-13(15)9-12/h3,5-6,9,17H,4,7-8,10H2,1-2H3. The summed E-state index contributed by atoms with van der Waals surface area (Å²) in [6, 6.07) is 10.6. The molecule has 0 aliphatic rings. The molecule has 1 aromatic rings. The van der Waals surface area contributed by atoms with Crippen LogP contribution in [-0.2, 0) is 6.54 Å². The van der Waals surface area contributed by atoms with Crippen LogP contribution in [0, 0.1) is 16.7 Å². The van der Waals surface area contributed by atoms with E-state index in [0.717, 1.165) is 30.4 Å². The van der Waals surface area contributed by atoms with Gasteiger partial charge in [-0.15, -0.1) is 0 Å². The molecule has 17 heavy (non-hydrogen) atoms. The van der Waals surface area contributed by atoms with Crippen molar-refractivity contribution in [2.45, 2.75) is 33.2 Å². The highest BCUT2D eigenvalue weighted by atomic mass is 79.9. The maximum absolute atomic E-state index is 8.88. The van der Waals surface area contributed by atoms with E-state index in [2.05, 4.69) is 39.4 Å². The third kappa shape index (κ3) is 5.86. The van der Waals surface area contributed by atoms with Crippen LogP contribution in [0.4, 0.5) is 0 Å². The van der Waals surface area contributed by atoms with Crippen molar-refractivity contribution in [2.24, 2.45) is 5.41 Å². The molecule has 0 saturated heterocycles. The lowest BCUT2D eigenvalue weighted by molar-refractivity contribution is 0.426. The molecule has 0 spiro atoms. The van der Waals surface area contributed by atoms with Crippen LogP contribution >= 0.6 is 15.9 Å². The number of rotatable bonds is 6. The Morgan fingerprint density at radius 3 is 2.82 bits per heavy atom. The van der Waals surface area contributed by atoms with E-state index in [0.29, 0.717) is 0 Å². The summed E-state index contributed by atoms with van der Waals surface area (Å²) < 4.78 is 1.11. The van der Waals surface area contributed by atoms with Crippen molar-refractivity contribution in [3.05, 3.63) is 34.3 Å². The van der Waals surface area contributed by atoms with E-state index in [1.807, 2.05) is 26.0 Å². The molecule has 2 nitrogen and oxygen atoms in total. The van der Waals surface area contributed by atoms with Crippen molar-refractivity contribution >= 4 is 15.9 Å². The molecule has 0 atom stereocenters. The summed E-state index contributed by atoms with van der Waals surface area (Å²) in [5.74, 6) is 0. The fraction of sp³-hybridized carbons (Fsp3) is 0.500. The van der Waals surface area contributed by atoms with Gasteiger partial charge in [0.2, 0.25) is 0 Å². The first-order chi connectivity index (χ1) is 8.03. The topological polar surface area (TPSA) is 35.8 Å². The lowest BCUT2D eigenvalue weighted by Gasteiger charge is -2.14. The Balaban J connectivity index is 2.19. The Hall–Kier alpha value is -0.850. The number of halogens is 1. The molecule has 1 rings (SSSR count). The van der Waals surface area contributed by atoms with Crippen molar-refractivity contribution in [1.82, 2.24) is 5.32 Å². The summed E-state index contributed by atoms with van der Waals surface area (Å²) in [7, 11) is 0. The van der Waals surface area contributed by atoms with Crippen LogP contribution in [-0.4, -0.2) is 6.54 Å². The highest BCUT2D eigenvalue weighted by molar-refractivity contribution is 9.10. The number of benzene rings is 1. The first kappa shape index (κ1) is 14.2. The summed E-state index contributed by atoms with van der Waals surface area (Å²) in [5, 5.41) is 12.3. The number of nitrogens with one attached hydrogen (secondary N) is 1. The van der Waals surface area contributed by atoms with E-state index in [-0.39, 0.29) is 5.41 Å². The van der Waals surface area contributed by atoms with Crippen LogP contribution in [0.1, 0.15) is 32.3 Å². The normalized spacial score (nSPS) is 11.2. The maximum atomic E-state index is 8.88. The zero-order valence-electron chi connectivity index (χ0n) is 10.5. The first-order valence-electron chi connectivity index (χ1n) is 5.90. The summed E-state index contributed by atoms with van der Waals surface area (Å²) in [5.41, 5.74) is 1.08. The second-order valence-corrected chi connectivity index (χ2v) is 5.82. The summed E-state index contributed by atoms with van der Waals surface area (Å²) in [6.07, 6.45) is 1.98. The molecule has 0 aliphatic heterocycles. The van der Waals surface area contributed by atoms with E-state index in [1.54, 1.807) is 0 Å². The summed E-state index contributed by atoms with van der Waals surface area (Å²) >= 11 is 3.46. The predicted octanol–water partition coefficient (Wildman–Crippen LogP) is 3.87. The minimum absolute atomic E-state index is 0.197. The van der Waals surface area contributed by atoms with Gasteiger partial charge in [0.1, 0.15) is 0 Å². The van der Waals surface area contributed by atoms with E-state index in [9.17, 15) is 0 Å². The van der Waals surface area contributed by atoms with Gasteiger partial charge in [-0.1, -0.05) is 28.1 Å². The average molecular weight is 295 g/mol. The largest absolute Gasteiger partial charge is 0.313 e. The number of nitriles is 1. The quantitative estimate of drug-likeness (QED) is 0.809. The molecule has 92 valence electrons. The van der Waals surface area contributed by atoms with Gasteiger partial charge in [0.05, 0.1) is 11.5 Å². The zero-order valence-corrected chi connectivity index (χ0v) is 12.0. The van der Waals surface area contributed by atoms with Gasteiger partial charge in [-0.3, -0.25) is 0 Å². The minimum atomic E-state index is -0.197. The molecular formula is C14H19BrN2. The van der Waals surface area contributed by atoms with Crippen molar-refractivity contribution in [1.29, 1.82) is 5.26 Å². The number of hydrogen-bond acceptors (Lipinski definition) is 2. The zero-order chi connectivity index (χ0) is 12.7. The highest BCUT2D eigenvalue weighted by Crippen LogP contribution is 2.20. The van der Waals surface area contributed by atoms with Gasteiger partial charge in [0.15, 0.2) is 0 Å². The Labute approximate surface area is 112 Å². The van der Waals surface area contributed by atoms with Gasteiger partial charge in [-0.2, -0.15) is 5.26 Å². The highest BCUT2D eigenvalue weighted by Gasteiger charge is 2.15. The molecule has 0 amide bonds. The van der Waals surface area contributed by atoms with Crippen LogP contribution in [0.25, 0.3) is 0 Å².